The molecule has 5 nitrogen and oxygen atoms in total. The van der Waals surface area contributed by atoms with Gasteiger partial charge in [-0.25, -0.2) is 0 Å². The van der Waals surface area contributed by atoms with Gasteiger partial charge in [0.25, 0.3) is 0 Å². The summed E-state index contributed by atoms with van der Waals surface area (Å²) in [7, 11) is 0. The third kappa shape index (κ3) is 2.56. The topological polar surface area (TPSA) is 69.6 Å². The van der Waals surface area contributed by atoms with Crippen molar-refractivity contribution in [2.45, 2.75) is 13.3 Å². The third-order valence-corrected chi connectivity index (χ3v) is 3.02. The molecule has 1 aliphatic rings. The highest BCUT2D eigenvalue weighted by molar-refractivity contribution is 6.34. The van der Waals surface area contributed by atoms with Gasteiger partial charge in [0.1, 0.15) is 6.54 Å². The molecular formula is C12H13ClN2O3. The summed E-state index contributed by atoms with van der Waals surface area (Å²) in [4.78, 5) is 24.0. The van der Waals surface area contributed by atoms with Gasteiger partial charge >= 0.3 is 5.97 Å². The van der Waals surface area contributed by atoms with Crippen LogP contribution in [0.25, 0.3) is 0 Å². The van der Waals surface area contributed by atoms with E-state index >= 15 is 0 Å². The number of hydrogen-bond donors (Lipinski definition) is 2. The zero-order valence-corrected chi connectivity index (χ0v) is 10.6. The Morgan fingerprint density at radius 3 is 2.94 bits per heavy atom. The standard InChI is InChI=1S/C12H13ClN2O3/c1-7-4-8(13)12-9(5-7)14-10(16)2-3-15(12)6-11(17)18/h4-5H,2-3,6H2,1H3,(H,14,16)(H,17,18). The summed E-state index contributed by atoms with van der Waals surface area (Å²) in [5, 5.41) is 12.1. The highest BCUT2D eigenvalue weighted by Crippen LogP contribution is 2.36. The van der Waals surface area contributed by atoms with Gasteiger partial charge in [-0.1, -0.05) is 11.6 Å². The predicted molar refractivity (Wildman–Crippen MR) is 69.3 cm³/mol. The number of fused-ring (bicyclic) bond motifs is 1. The van der Waals surface area contributed by atoms with Gasteiger partial charge in [-0.3, -0.25) is 9.59 Å². The number of halogens is 1. The van der Waals surface area contributed by atoms with Gasteiger partial charge in [0.05, 0.1) is 16.4 Å². The summed E-state index contributed by atoms with van der Waals surface area (Å²) in [6, 6.07) is 3.55. The number of benzene rings is 1. The lowest BCUT2D eigenvalue weighted by atomic mass is 10.1. The number of anilines is 2. The molecule has 96 valence electrons. The first kappa shape index (κ1) is 12.7. The number of rotatable bonds is 2. The molecule has 0 radical (unpaired) electrons. The van der Waals surface area contributed by atoms with Gasteiger partial charge in [0.2, 0.25) is 5.91 Å². The number of amides is 1. The SMILES string of the molecule is Cc1cc(Cl)c2c(c1)NC(=O)CCN2CC(=O)O. The number of hydrogen-bond acceptors (Lipinski definition) is 3. The van der Waals surface area contributed by atoms with Crippen molar-refractivity contribution in [3.8, 4) is 0 Å². The molecule has 0 aliphatic carbocycles. The Morgan fingerprint density at radius 1 is 1.56 bits per heavy atom. The highest BCUT2D eigenvalue weighted by Gasteiger charge is 2.23. The molecule has 0 saturated heterocycles. The zero-order chi connectivity index (χ0) is 13.3. The molecular weight excluding hydrogens is 256 g/mol. The van der Waals surface area contributed by atoms with E-state index in [-0.39, 0.29) is 18.9 Å². The van der Waals surface area contributed by atoms with E-state index in [1.807, 2.05) is 6.92 Å². The molecule has 0 bridgehead atoms. The molecule has 0 spiro atoms. The van der Waals surface area contributed by atoms with Crippen LogP contribution in [0.15, 0.2) is 12.1 Å². The van der Waals surface area contributed by atoms with Crippen LogP contribution in [0.2, 0.25) is 5.02 Å². The average Bonchev–Trinajstić information content (AvgIpc) is 2.37. The maximum atomic E-state index is 11.6. The molecule has 0 fully saturated rings. The van der Waals surface area contributed by atoms with Crippen LogP contribution in [0, 0.1) is 6.92 Å². The predicted octanol–water partition coefficient (Wildman–Crippen LogP) is 1.88. The van der Waals surface area contributed by atoms with Gasteiger partial charge in [-0.2, -0.15) is 0 Å². The van der Waals surface area contributed by atoms with Crippen molar-refractivity contribution < 1.29 is 14.7 Å². The van der Waals surface area contributed by atoms with Crippen LogP contribution >= 0.6 is 11.6 Å². The summed E-state index contributed by atoms with van der Waals surface area (Å²) >= 11 is 6.16. The van der Waals surface area contributed by atoms with Crippen molar-refractivity contribution in [3.63, 3.8) is 0 Å². The zero-order valence-electron chi connectivity index (χ0n) is 9.86. The van der Waals surface area contributed by atoms with Crippen LogP contribution in [0.5, 0.6) is 0 Å². The number of aryl methyl sites for hydroxylation is 1. The monoisotopic (exact) mass is 268 g/mol. The van der Waals surface area contributed by atoms with E-state index in [9.17, 15) is 9.59 Å². The Labute approximate surface area is 109 Å². The van der Waals surface area contributed by atoms with Crippen molar-refractivity contribution in [2.75, 3.05) is 23.3 Å². The minimum Gasteiger partial charge on any atom is -0.480 e. The first-order valence-corrected chi connectivity index (χ1v) is 5.92. The van der Waals surface area contributed by atoms with E-state index in [0.29, 0.717) is 22.9 Å². The minimum absolute atomic E-state index is 0.134. The van der Waals surface area contributed by atoms with E-state index < -0.39 is 5.97 Å². The Balaban J connectivity index is 2.49. The molecule has 2 rings (SSSR count). The molecule has 1 aliphatic heterocycles. The Morgan fingerprint density at radius 2 is 2.28 bits per heavy atom. The molecule has 1 aromatic rings. The lowest BCUT2D eigenvalue weighted by molar-refractivity contribution is -0.135. The largest absolute Gasteiger partial charge is 0.480 e. The van der Waals surface area contributed by atoms with E-state index in [0.717, 1.165) is 5.56 Å². The molecule has 0 saturated carbocycles. The van der Waals surface area contributed by atoms with E-state index in [1.165, 1.54) is 0 Å². The van der Waals surface area contributed by atoms with Crippen molar-refractivity contribution in [1.82, 2.24) is 0 Å². The van der Waals surface area contributed by atoms with Crippen molar-refractivity contribution in [1.29, 1.82) is 0 Å². The Bertz CT molecular complexity index is 516. The highest BCUT2D eigenvalue weighted by atomic mass is 35.5. The van der Waals surface area contributed by atoms with Crippen LogP contribution in [0.3, 0.4) is 0 Å². The first-order chi connectivity index (χ1) is 8.47. The molecule has 1 aromatic carbocycles. The quantitative estimate of drug-likeness (QED) is 0.859. The van der Waals surface area contributed by atoms with Crippen LogP contribution in [0.4, 0.5) is 11.4 Å². The minimum atomic E-state index is -0.952. The normalized spacial score (nSPS) is 14.8. The molecule has 1 heterocycles. The Kier molecular flexibility index (Phi) is 3.43. The summed E-state index contributed by atoms with van der Waals surface area (Å²) in [6.07, 6.45) is 0.247. The summed E-state index contributed by atoms with van der Waals surface area (Å²) in [6.45, 7) is 2.03. The molecule has 18 heavy (non-hydrogen) atoms. The van der Waals surface area contributed by atoms with Gasteiger partial charge in [-0.15, -0.1) is 0 Å². The number of carbonyl (C=O) groups excluding carboxylic acids is 1. The molecule has 0 aromatic heterocycles. The third-order valence-electron chi connectivity index (χ3n) is 2.73. The second kappa shape index (κ2) is 4.86. The smallest absolute Gasteiger partial charge is 0.323 e. The van der Waals surface area contributed by atoms with Crippen LogP contribution in [-0.2, 0) is 9.59 Å². The van der Waals surface area contributed by atoms with Crippen LogP contribution < -0.4 is 10.2 Å². The first-order valence-electron chi connectivity index (χ1n) is 5.54. The summed E-state index contributed by atoms with van der Waals surface area (Å²) in [5.41, 5.74) is 2.07. The lowest BCUT2D eigenvalue weighted by Crippen LogP contribution is -2.30. The van der Waals surface area contributed by atoms with Crippen LogP contribution in [-0.4, -0.2) is 30.1 Å². The fourth-order valence-electron chi connectivity index (χ4n) is 2.03. The van der Waals surface area contributed by atoms with E-state index in [4.69, 9.17) is 16.7 Å². The molecule has 0 atom stereocenters. The van der Waals surface area contributed by atoms with Crippen LogP contribution in [0.1, 0.15) is 12.0 Å². The maximum Gasteiger partial charge on any atom is 0.323 e. The fourth-order valence-corrected chi connectivity index (χ4v) is 2.43. The number of carboxylic acids is 1. The second-order valence-electron chi connectivity index (χ2n) is 4.26. The van der Waals surface area contributed by atoms with E-state index in [2.05, 4.69) is 5.32 Å². The molecule has 6 heteroatoms. The molecule has 0 unspecified atom stereocenters. The number of nitrogens with zero attached hydrogens (tertiary/aromatic N) is 1. The van der Waals surface area contributed by atoms with Crippen molar-refractivity contribution >= 4 is 34.9 Å². The van der Waals surface area contributed by atoms with Gasteiger partial charge in [0.15, 0.2) is 0 Å². The average molecular weight is 269 g/mol. The van der Waals surface area contributed by atoms with Gasteiger partial charge < -0.3 is 15.3 Å². The lowest BCUT2D eigenvalue weighted by Gasteiger charge is -2.23. The molecule has 1 amide bonds. The summed E-state index contributed by atoms with van der Waals surface area (Å²) < 4.78 is 0. The maximum absolute atomic E-state index is 11.6. The number of carboxylic acid groups (broad SMARTS) is 1. The van der Waals surface area contributed by atoms with Crippen molar-refractivity contribution in [2.24, 2.45) is 0 Å². The number of nitrogens with one attached hydrogen (secondary N) is 1. The number of aliphatic carboxylic acids is 1. The molecule has 2 N–H and O–H groups in total. The second-order valence-corrected chi connectivity index (χ2v) is 4.66. The number of carbonyl (C=O) groups is 2. The van der Waals surface area contributed by atoms with Gasteiger partial charge in [0, 0.05) is 13.0 Å². The summed E-state index contributed by atoms with van der Waals surface area (Å²) in [5.74, 6) is -1.09. The Hall–Kier alpha value is -1.75. The fraction of sp³-hybridized carbons (Fsp3) is 0.333. The van der Waals surface area contributed by atoms with E-state index in [1.54, 1.807) is 17.0 Å². The van der Waals surface area contributed by atoms with Gasteiger partial charge in [-0.05, 0) is 24.6 Å². The van der Waals surface area contributed by atoms with Crippen molar-refractivity contribution in [3.05, 3.63) is 22.7 Å².